The number of anilines is 1. The summed E-state index contributed by atoms with van der Waals surface area (Å²) in [5, 5.41) is 5.96. The molecule has 20 heavy (non-hydrogen) atoms. The van der Waals surface area contributed by atoms with Crippen LogP contribution in [0.25, 0.3) is 10.4 Å². The van der Waals surface area contributed by atoms with E-state index in [-0.39, 0.29) is 0 Å². The first kappa shape index (κ1) is 13.7. The minimum absolute atomic E-state index is 0.640. The topological polar surface area (TPSA) is 12.0 Å². The lowest BCUT2D eigenvalue weighted by molar-refractivity contribution is 0.502. The van der Waals surface area contributed by atoms with Gasteiger partial charge in [-0.1, -0.05) is 44.0 Å². The van der Waals surface area contributed by atoms with Gasteiger partial charge in [0.15, 0.2) is 0 Å². The van der Waals surface area contributed by atoms with Crippen molar-refractivity contribution in [2.45, 2.75) is 45.1 Å². The van der Waals surface area contributed by atoms with Gasteiger partial charge in [-0.2, -0.15) is 0 Å². The third-order valence-electron chi connectivity index (χ3n) is 4.33. The minimum atomic E-state index is 0.640. The average Bonchev–Trinajstić information content (AvgIpc) is 2.91. The number of hydrogen-bond acceptors (Lipinski definition) is 2. The van der Waals surface area contributed by atoms with Crippen molar-refractivity contribution in [3.05, 3.63) is 41.8 Å². The maximum Gasteiger partial charge on any atom is 0.0430 e. The third kappa shape index (κ3) is 3.24. The number of rotatable bonds is 3. The Bertz CT molecular complexity index is 532. The summed E-state index contributed by atoms with van der Waals surface area (Å²) in [5.41, 5.74) is 2.65. The van der Waals surface area contributed by atoms with E-state index >= 15 is 0 Å². The number of hydrogen-bond donors (Lipinski definition) is 1. The minimum Gasteiger partial charge on any atom is -0.382 e. The number of nitrogens with one attached hydrogen (secondary N) is 1. The SMILES string of the molecule is CC1CCCC(Nc2ccccc2-c2cccs2)CC1. The van der Waals surface area contributed by atoms with E-state index in [4.69, 9.17) is 0 Å². The molecule has 106 valence electrons. The molecule has 2 atom stereocenters. The van der Waals surface area contributed by atoms with Crippen LogP contribution in [0.2, 0.25) is 0 Å². The molecule has 1 aromatic heterocycles. The second-order valence-electron chi connectivity index (χ2n) is 5.98. The van der Waals surface area contributed by atoms with Crippen LogP contribution < -0.4 is 5.32 Å². The normalized spacial score (nSPS) is 23.2. The van der Waals surface area contributed by atoms with Crippen molar-refractivity contribution in [3.63, 3.8) is 0 Å². The summed E-state index contributed by atoms with van der Waals surface area (Å²) in [6.45, 7) is 2.39. The molecule has 0 spiro atoms. The Morgan fingerprint density at radius 3 is 2.75 bits per heavy atom. The molecule has 1 saturated carbocycles. The summed E-state index contributed by atoms with van der Waals surface area (Å²) in [4.78, 5) is 1.36. The van der Waals surface area contributed by atoms with Gasteiger partial charge in [0.2, 0.25) is 0 Å². The smallest absolute Gasteiger partial charge is 0.0430 e. The second-order valence-corrected chi connectivity index (χ2v) is 6.93. The van der Waals surface area contributed by atoms with Crippen LogP contribution in [0.1, 0.15) is 39.0 Å². The quantitative estimate of drug-likeness (QED) is 0.703. The van der Waals surface area contributed by atoms with E-state index in [0.717, 1.165) is 5.92 Å². The standard InChI is InChI=1S/C18H23NS/c1-14-6-4-7-15(12-11-14)19-17-9-3-2-8-16(17)18-10-5-13-20-18/h2-3,5,8-10,13-15,19H,4,6-7,11-12H2,1H3. The van der Waals surface area contributed by atoms with Crippen LogP contribution in [0.4, 0.5) is 5.69 Å². The molecule has 0 bridgehead atoms. The van der Waals surface area contributed by atoms with Gasteiger partial charge in [-0.05, 0) is 42.7 Å². The van der Waals surface area contributed by atoms with E-state index in [1.54, 1.807) is 0 Å². The molecule has 0 saturated heterocycles. The van der Waals surface area contributed by atoms with E-state index in [9.17, 15) is 0 Å². The van der Waals surface area contributed by atoms with Gasteiger partial charge in [0.25, 0.3) is 0 Å². The lowest BCUT2D eigenvalue weighted by Crippen LogP contribution is -2.18. The van der Waals surface area contributed by atoms with Gasteiger partial charge in [0.05, 0.1) is 0 Å². The van der Waals surface area contributed by atoms with Crippen molar-refractivity contribution in [2.75, 3.05) is 5.32 Å². The van der Waals surface area contributed by atoms with Crippen molar-refractivity contribution in [3.8, 4) is 10.4 Å². The highest BCUT2D eigenvalue weighted by Crippen LogP contribution is 2.33. The molecule has 1 heterocycles. The maximum atomic E-state index is 3.80. The Morgan fingerprint density at radius 2 is 1.90 bits per heavy atom. The van der Waals surface area contributed by atoms with Crippen molar-refractivity contribution in [1.82, 2.24) is 0 Å². The molecule has 2 heteroatoms. The summed E-state index contributed by atoms with van der Waals surface area (Å²) in [7, 11) is 0. The highest BCUT2D eigenvalue weighted by Gasteiger charge is 2.17. The Kier molecular flexibility index (Phi) is 4.41. The Balaban J connectivity index is 1.77. The number of benzene rings is 1. The monoisotopic (exact) mass is 285 g/mol. The predicted molar refractivity (Wildman–Crippen MR) is 89.4 cm³/mol. The molecule has 2 unspecified atom stereocenters. The fourth-order valence-electron chi connectivity index (χ4n) is 3.11. The molecule has 0 aliphatic heterocycles. The van der Waals surface area contributed by atoms with Crippen molar-refractivity contribution >= 4 is 17.0 Å². The fourth-order valence-corrected chi connectivity index (χ4v) is 3.87. The molecule has 1 aromatic carbocycles. The molecule has 1 aliphatic carbocycles. The molecular formula is C18H23NS. The molecular weight excluding hydrogens is 262 g/mol. The van der Waals surface area contributed by atoms with Crippen LogP contribution in [0.3, 0.4) is 0 Å². The zero-order chi connectivity index (χ0) is 13.8. The summed E-state index contributed by atoms with van der Waals surface area (Å²) < 4.78 is 0. The molecule has 1 aliphatic rings. The second kappa shape index (κ2) is 6.45. The highest BCUT2D eigenvalue weighted by molar-refractivity contribution is 7.13. The lowest BCUT2D eigenvalue weighted by Gasteiger charge is -2.20. The molecule has 2 aromatic rings. The van der Waals surface area contributed by atoms with Gasteiger partial charge in [-0.3, -0.25) is 0 Å². The maximum absolute atomic E-state index is 3.80. The van der Waals surface area contributed by atoms with Crippen LogP contribution in [-0.2, 0) is 0 Å². The Morgan fingerprint density at radius 1 is 1.00 bits per heavy atom. The fraction of sp³-hybridized carbons (Fsp3) is 0.444. The number of para-hydroxylation sites is 1. The first-order chi connectivity index (χ1) is 9.83. The lowest BCUT2D eigenvalue weighted by atomic mass is 10.0. The van der Waals surface area contributed by atoms with Crippen LogP contribution in [0.5, 0.6) is 0 Å². The molecule has 1 nitrogen and oxygen atoms in total. The van der Waals surface area contributed by atoms with E-state index in [1.807, 2.05) is 11.3 Å². The van der Waals surface area contributed by atoms with Gasteiger partial charge in [0, 0.05) is 22.2 Å². The average molecular weight is 285 g/mol. The Hall–Kier alpha value is -1.28. The molecule has 3 rings (SSSR count). The zero-order valence-electron chi connectivity index (χ0n) is 12.1. The van der Waals surface area contributed by atoms with Gasteiger partial charge >= 0.3 is 0 Å². The number of thiophene rings is 1. The van der Waals surface area contributed by atoms with Gasteiger partial charge in [-0.15, -0.1) is 11.3 Å². The van der Waals surface area contributed by atoms with E-state index < -0.39 is 0 Å². The first-order valence-electron chi connectivity index (χ1n) is 7.72. The molecule has 0 radical (unpaired) electrons. The predicted octanol–water partition coefficient (Wildman–Crippen LogP) is 5.80. The van der Waals surface area contributed by atoms with Gasteiger partial charge < -0.3 is 5.32 Å². The Labute approximate surface area is 126 Å². The summed E-state index contributed by atoms with van der Waals surface area (Å²) in [6, 6.07) is 13.7. The van der Waals surface area contributed by atoms with Crippen LogP contribution in [0, 0.1) is 5.92 Å². The third-order valence-corrected chi connectivity index (χ3v) is 5.23. The van der Waals surface area contributed by atoms with E-state index in [0.29, 0.717) is 6.04 Å². The summed E-state index contributed by atoms with van der Waals surface area (Å²) in [5.74, 6) is 0.898. The molecule has 1 N–H and O–H groups in total. The summed E-state index contributed by atoms with van der Waals surface area (Å²) in [6.07, 6.45) is 6.73. The first-order valence-corrected chi connectivity index (χ1v) is 8.60. The van der Waals surface area contributed by atoms with E-state index in [2.05, 4.69) is 54.0 Å². The van der Waals surface area contributed by atoms with Crippen molar-refractivity contribution in [2.24, 2.45) is 5.92 Å². The largest absolute Gasteiger partial charge is 0.382 e. The van der Waals surface area contributed by atoms with Crippen molar-refractivity contribution in [1.29, 1.82) is 0 Å². The van der Waals surface area contributed by atoms with Gasteiger partial charge in [0.1, 0.15) is 0 Å². The van der Waals surface area contributed by atoms with Crippen LogP contribution in [-0.4, -0.2) is 6.04 Å². The van der Waals surface area contributed by atoms with Crippen molar-refractivity contribution < 1.29 is 0 Å². The molecule has 1 fully saturated rings. The van der Waals surface area contributed by atoms with Crippen LogP contribution in [0.15, 0.2) is 41.8 Å². The summed E-state index contributed by atoms with van der Waals surface area (Å²) >= 11 is 1.82. The van der Waals surface area contributed by atoms with Crippen LogP contribution >= 0.6 is 11.3 Å². The van der Waals surface area contributed by atoms with Gasteiger partial charge in [-0.25, -0.2) is 0 Å². The van der Waals surface area contributed by atoms with E-state index in [1.165, 1.54) is 48.2 Å². The molecule has 0 amide bonds. The zero-order valence-corrected chi connectivity index (χ0v) is 13.0. The highest BCUT2D eigenvalue weighted by atomic mass is 32.1.